The Bertz CT molecular complexity index is 204. The largest absolute Gasteiger partial charge is 0.468 e. The van der Waals surface area contributed by atoms with E-state index in [1.54, 1.807) is 13.1 Å². The number of aryl methyl sites for hydroxylation is 1. The first-order valence-corrected chi connectivity index (χ1v) is 3.66. The molecule has 1 heterocycles. The summed E-state index contributed by atoms with van der Waals surface area (Å²) in [4.78, 5) is 12.1. The molecule has 0 fully saturated rings. The molecule has 0 saturated heterocycles. The Morgan fingerprint density at radius 3 is 2.50 bits per heavy atom. The lowest BCUT2D eigenvalue weighted by Crippen LogP contribution is -1.80. The molecular weight excluding hydrogens is 156 g/mol. The predicted octanol–water partition coefficient (Wildman–Crippen LogP) is 1.08. The van der Waals surface area contributed by atoms with Gasteiger partial charge in [-0.2, -0.15) is 0 Å². The minimum atomic E-state index is 0.431. The standard InChI is InChI=1S/C5H8N2.C3H6O2/c1-4-2-5(6)3-7-4;1-2-5-3-4/h2-3,7H,6H2,1H3;3H,2H2,1H3. The maximum atomic E-state index is 9.18. The molecule has 1 aromatic rings. The van der Waals surface area contributed by atoms with Gasteiger partial charge in [-0.15, -0.1) is 0 Å². The normalized spacial score (nSPS) is 8.17. The number of ether oxygens (including phenoxy) is 1. The summed E-state index contributed by atoms with van der Waals surface area (Å²) in [5.74, 6) is 0. The summed E-state index contributed by atoms with van der Waals surface area (Å²) in [5.41, 5.74) is 7.26. The van der Waals surface area contributed by atoms with Gasteiger partial charge in [0, 0.05) is 17.6 Å². The second kappa shape index (κ2) is 6.27. The third kappa shape index (κ3) is 5.34. The zero-order valence-electron chi connectivity index (χ0n) is 7.33. The van der Waals surface area contributed by atoms with Crippen LogP contribution in [0.4, 0.5) is 5.69 Å². The fourth-order valence-corrected chi connectivity index (χ4v) is 0.599. The quantitative estimate of drug-likeness (QED) is 0.653. The fraction of sp³-hybridized carbons (Fsp3) is 0.375. The van der Waals surface area contributed by atoms with Crippen molar-refractivity contribution in [2.24, 2.45) is 0 Å². The molecule has 1 rings (SSSR count). The van der Waals surface area contributed by atoms with E-state index in [9.17, 15) is 4.79 Å². The number of aromatic amines is 1. The second-order valence-electron chi connectivity index (χ2n) is 2.17. The van der Waals surface area contributed by atoms with Crippen LogP contribution in [-0.4, -0.2) is 18.1 Å². The Hall–Kier alpha value is -1.45. The van der Waals surface area contributed by atoms with Crippen LogP contribution >= 0.6 is 0 Å². The third-order valence-electron chi connectivity index (χ3n) is 1.08. The molecule has 0 radical (unpaired) electrons. The lowest BCUT2D eigenvalue weighted by Gasteiger charge is -1.79. The summed E-state index contributed by atoms with van der Waals surface area (Å²) in [5, 5.41) is 0. The minimum Gasteiger partial charge on any atom is -0.468 e. The Labute approximate surface area is 71.7 Å². The molecule has 0 spiro atoms. The highest BCUT2D eigenvalue weighted by Gasteiger charge is 1.83. The van der Waals surface area contributed by atoms with E-state index in [0.717, 1.165) is 11.4 Å². The number of nitrogens with two attached hydrogens (primary N) is 1. The highest BCUT2D eigenvalue weighted by Crippen LogP contribution is 2.00. The van der Waals surface area contributed by atoms with Gasteiger partial charge in [0.1, 0.15) is 0 Å². The van der Waals surface area contributed by atoms with Crippen LogP contribution in [0, 0.1) is 6.92 Å². The zero-order valence-corrected chi connectivity index (χ0v) is 7.33. The van der Waals surface area contributed by atoms with E-state index >= 15 is 0 Å². The molecule has 0 bridgehead atoms. The van der Waals surface area contributed by atoms with Crippen molar-refractivity contribution in [1.29, 1.82) is 0 Å². The molecule has 4 nitrogen and oxygen atoms in total. The Balaban J connectivity index is 0.000000217. The van der Waals surface area contributed by atoms with Gasteiger partial charge in [0.15, 0.2) is 0 Å². The first kappa shape index (κ1) is 10.6. The molecule has 0 aliphatic heterocycles. The molecule has 0 aliphatic carbocycles. The molecule has 0 amide bonds. The van der Waals surface area contributed by atoms with Crippen molar-refractivity contribution in [2.75, 3.05) is 12.3 Å². The van der Waals surface area contributed by atoms with Gasteiger partial charge in [0.05, 0.1) is 6.61 Å². The third-order valence-corrected chi connectivity index (χ3v) is 1.08. The number of carbonyl (C=O) groups excluding carboxylic acids is 1. The van der Waals surface area contributed by atoms with Crippen molar-refractivity contribution in [3.8, 4) is 0 Å². The lowest BCUT2D eigenvalue weighted by molar-refractivity contribution is -0.128. The van der Waals surface area contributed by atoms with Gasteiger partial charge in [0.2, 0.25) is 0 Å². The average molecular weight is 170 g/mol. The van der Waals surface area contributed by atoms with E-state index < -0.39 is 0 Å². The molecule has 0 atom stereocenters. The van der Waals surface area contributed by atoms with E-state index in [4.69, 9.17) is 5.73 Å². The van der Waals surface area contributed by atoms with Crippen LogP contribution in [0.3, 0.4) is 0 Å². The van der Waals surface area contributed by atoms with E-state index in [-0.39, 0.29) is 0 Å². The highest BCUT2D eigenvalue weighted by atomic mass is 16.5. The van der Waals surface area contributed by atoms with Crippen molar-refractivity contribution >= 4 is 12.2 Å². The summed E-state index contributed by atoms with van der Waals surface area (Å²) in [6, 6.07) is 1.89. The molecule has 0 unspecified atom stereocenters. The van der Waals surface area contributed by atoms with Crippen molar-refractivity contribution in [3.05, 3.63) is 18.0 Å². The lowest BCUT2D eigenvalue weighted by atomic mass is 10.5. The number of nitrogen functional groups attached to an aromatic ring is 1. The van der Waals surface area contributed by atoms with Gasteiger partial charge in [-0.05, 0) is 19.9 Å². The molecule has 12 heavy (non-hydrogen) atoms. The first-order chi connectivity index (χ1) is 5.70. The van der Waals surface area contributed by atoms with E-state index in [0.29, 0.717) is 13.1 Å². The summed E-state index contributed by atoms with van der Waals surface area (Å²) in [6.45, 7) is 4.63. The summed E-state index contributed by atoms with van der Waals surface area (Å²) in [7, 11) is 0. The van der Waals surface area contributed by atoms with Crippen LogP contribution in [-0.2, 0) is 9.53 Å². The molecule has 4 heteroatoms. The summed E-state index contributed by atoms with van der Waals surface area (Å²) >= 11 is 0. The van der Waals surface area contributed by atoms with Crippen LogP contribution < -0.4 is 5.73 Å². The zero-order chi connectivity index (χ0) is 9.40. The van der Waals surface area contributed by atoms with Gasteiger partial charge < -0.3 is 15.5 Å². The molecule has 0 aliphatic rings. The number of rotatable bonds is 2. The van der Waals surface area contributed by atoms with Gasteiger partial charge in [-0.25, -0.2) is 0 Å². The van der Waals surface area contributed by atoms with Crippen molar-refractivity contribution < 1.29 is 9.53 Å². The van der Waals surface area contributed by atoms with Crippen LogP contribution in [0.25, 0.3) is 0 Å². The summed E-state index contributed by atoms with van der Waals surface area (Å²) in [6.07, 6.45) is 1.77. The van der Waals surface area contributed by atoms with E-state index in [1.807, 2.05) is 13.0 Å². The second-order valence-corrected chi connectivity index (χ2v) is 2.17. The number of anilines is 1. The number of hydrogen-bond donors (Lipinski definition) is 2. The highest BCUT2D eigenvalue weighted by molar-refractivity contribution is 5.37. The van der Waals surface area contributed by atoms with Gasteiger partial charge >= 0.3 is 0 Å². The maximum absolute atomic E-state index is 9.18. The molecule has 0 aromatic carbocycles. The Kier molecular flexibility index (Phi) is 5.51. The van der Waals surface area contributed by atoms with Gasteiger partial charge in [0.25, 0.3) is 6.47 Å². The predicted molar refractivity (Wildman–Crippen MR) is 47.6 cm³/mol. The Morgan fingerprint density at radius 1 is 1.75 bits per heavy atom. The van der Waals surface area contributed by atoms with Crippen molar-refractivity contribution in [2.45, 2.75) is 13.8 Å². The minimum absolute atomic E-state index is 0.431. The maximum Gasteiger partial charge on any atom is 0.293 e. The van der Waals surface area contributed by atoms with Gasteiger partial charge in [-0.3, -0.25) is 4.79 Å². The summed E-state index contributed by atoms with van der Waals surface area (Å²) < 4.78 is 4.15. The number of H-pyrrole nitrogens is 1. The van der Waals surface area contributed by atoms with E-state index in [1.165, 1.54) is 0 Å². The monoisotopic (exact) mass is 170 g/mol. The van der Waals surface area contributed by atoms with Gasteiger partial charge in [-0.1, -0.05) is 0 Å². The molecule has 3 N–H and O–H groups in total. The molecule has 0 saturated carbocycles. The van der Waals surface area contributed by atoms with Crippen molar-refractivity contribution in [1.82, 2.24) is 4.98 Å². The fourth-order valence-electron chi connectivity index (χ4n) is 0.599. The first-order valence-electron chi connectivity index (χ1n) is 3.66. The number of carbonyl (C=O) groups is 1. The average Bonchev–Trinajstić information content (AvgIpc) is 2.38. The van der Waals surface area contributed by atoms with Crippen molar-refractivity contribution in [3.63, 3.8) is 0 Å². The smallest absolute Gasteiger partial charge is 0.293 e. The molecule has 68 valence electrons. The van der Waals surface area contributed by atoms with Crippen LogP contribution in [0.1, 0.15) is 12.6 Å². The van der Waals surface area contributed by atoms with Crippen LogP contribution in [0.2, 0.25) is 0 Å². The SMILES string of the molecule is CCOC=O.Cc1cc(N)c[nH]1. The Morgan fingerprint density at radius 2 is 2.42 bits per heavy atom. The number of nitrogens with one attached hydrogen (secondary N) is 1. The molecule has 1 aromatic heterocycles. The number of aromatic nitrogens is 1. The number of hydrogen-bond acceptors (Lipinski definition) is 3. The topological polar surface area (TPSA) is 68.1 Å². The van der Waals surface area contributed by atoms with E-state index in [2.05, 4.69) is 9.72 Å². The van der Waals surface area contributed by atoms with Crippen LogP contribution in [0.5, 0.6) is 0 Å². The van der Waals surface area contributed by atoms with Crippen LogP contribution in [0.15, 0.2) is 12.3 Å². The molecular formula is C8H14N2O2.